The third-order valence-electron chi connectivity index (χ3n) is 3.63. The molecule has 1 fully saturated rings. The van der Waals surface area contributed by atoms with Gasteiger partial charge < -0.3 is 9.84 Å². The van der Waals surface area contributed by atoms with Crippen LogP contribution in [0.5, 0.6) is 11.5 Å². The molecule has 25 heavy (non-hydrogen) atoms. The van der Waals surface area contributed by atoms with Gasteiger partial charge in [-0.2, -0.15) is 0 Å². The molecule has 0 aromatic heterocycles. The third kappa shape index (κ3) is 3.66. The normalized spacial score (nSPS) is 15.9. The van der Waals surface area contributed by atoms with Gasteiger partial charge in [0.2, 0.25) is 0 Å². The summed E-state index contributed by atoms with van der Waals surface area (Å²) in [5.74, 6) is -0.520. The first-order valence-electron chi connectivity index (χ1n) is 7.35. The first-order valence-corrected chi connectivity index (χ1v) is 8.16. The average molecular weight is 359 g/mol. The third-order valence-corrected chi connectivity index (χ3v) is 4.54. The highest BCUT2D eigenvalue weighted by molar-refractivity contribution is 8.18. The van der Waals surface area contributed by atoms with Crippen LogP contribution in [0.3, 0.4) is 0 Å². The van der Waals surface area contributed by atoms with Crippen LogP contribution < -0.4 is 4.74 Å². The zero-order valence-electron chi connectivity index (χ0n) is 13.2. The maximum absolute atomic E-state index is 13.0. The number of hydrogen-bond acceptors (Lipinski definition) is 5. The Hall–Kier alpha value is -2.80. The van der Waals surface area contributed by atoms with Gasteiger partial charge in [0.15, 0.2) is 11.5 Å². The number of amides is 2. The van der Waals surface area contributed by atoms with Crippen molar-refractivity contribution in [2.75, 3.05) is 7.11 Å². The Morgan fingerprint density at radius 2 is 1.92 bits per heavy atom. The van der Waals surface area contributed by atoms with E-state index in [2.05, 4.69) is 0 Å². The van der Waals surface area contributed by atoms with Gasteiger partial charge in [0.05, 0.1) is 18.6 Å². The van der Waals surface area contributed by atoms with Crippen molar-refractivity contribution in [2.24, 2.45) is 0 Å². The molecule has 0 aliphatic carbocycles. The lowest BCUT2D eigenvalue weighted by Crippen LogP contribution is -2.27. The van der Waals surface area contributed by atoms with Crippen LogP contribution in [0.25, 0.3) is 6.08 Å². The summed E-state index contributed by atoms with van der Waals surface area (Å²) in [6.07, 6.45) is 1.57. The molecule has 128 valence electrons. The van der Waals surface area contributed by atoms with Crippen LogP contribution >= 0.6 is 11.8 Å². The quantitative estimate of drug-likeness (QED) is 0.842. The molecule has 2 aromatic carbocycles. The average Bonchev–Trinajstić information content (AvgIpc) is 2.86. The first-order chi connectivity index (χ1) is 12.0. The van der Waals surface area contributed by atoms with Gasteiger partial charge >= 0.3 is 0 Å². The molecular formula is C18H14FNO4S. The molecule has 0 unspecified atom stereocenters. The number of nitrogens with zero attached hydrogens (tertiary/aromatic N) is 1. The van der Waals surface area contributed by atoms with Gasteiger partial charge in [-0.1, -0.05) is 18.2 Å². The highest BCUT2D eigenvalue weighted by atomic mass is 32.2. The number of phenols is 1. The van der Waals surface area contributed by atoms with E-state index in [0.717, 1.165) is 16.7 Å². The minimum Gasteiger partial charge on any atom is -0.504 e. The van der Waals surface area contributed by atoms with E-state index in [9.17, 15) is 19.1 Å². The fourth-order valence-electron chi connectivity index (χ4n) is 2.34. The monoisotopic (exact) mass is 359 g/mol. The lowest BCUT2D eigenvalue weighted by molar-refractivity contribution is -0.123. The molecular weight excluding hydrogens is 345 g/mol. The maximum atomic E-state index is 13.0. The number of rotatable bonds is 4. The Morgan fingerprint density at radius 1 is 1.20 bits per heavy atom. The summed E-state index contributed by atoms with van der Waals surface area (Å²) in [4.78, 5) is 26.0. The fraction of sp³-hybridized carbons (Fsp3) is 0.111. The van der Waals surface area contributed by atoms with E-state index < -0.39 is 5.91 Å². The summed E-state index contributed by atoms with van der Waals surface area (Å²) in [7, 11) is 1.43. The molecule has 3 rings (SSSR count). The molecule has 1 aliphatic heterocycles. The molecule has 7 heteroatoms. The molecule has 0 spiro atoms. The van der Waals surface area contributed by atoms with Crippen molar-refractivity contribution in [3.8, 4) is 11.5 Å². The zero-order chi connectivity index (χ0) is 18.0. The van der Waals surface area contributed by atoms with Crippen LogP contribution in [0, 0.1) is 5.82 Å². The van der Waals surface area contributed by atoms with Gasteiger partial charge in [-0.25, -0.2) is 4.39 Å². The molecule has 5 nitrogen and oxygen atoms in total. The maximum Gasteiger partial charge on any atom is 0.293 e. The van der Waals surface area contributed by atoms with E-state index in [0.29, 0.717) is 11.1 Å². The molecule has 1 N–H and O–H groups in total. The van der Waals surface area contributed by atoms with Gasteiger partial charge in [0, 0.05) is 0 Å². The number of aromatic hydroxyl groups is 1. The number of thioether (sulfide) groups is 1. The summed E-state index contributed by atoms with van der Waals surface area (Å²) in [5.41, 5.74) is 1.29. The minimum atomic E-state index is -0.411. The fourth-order valence-corrected chi connectivity index (χ4v) is 3.18. The molecule has 2 amide bonds. The van der Waals surface area contributed by atoms with Crippen molar-refractivity contribution in [1.82, 2.24) is 4.90 Å². The molecule has 1 saturated heterocycles. The zero-order valence-corrected chi connectivity index (χ0v) is 14.0. The highest BCUT2D eigenvalue weighted by Crippen LogP contribution is 2.34. The number of carbonyl (C=O) groups excluding carboxylic acids is 2. The number of imide groups is 1. The second kappa shape index (κ2) is 6.98. The van der Waals surface area contributed by atoms with E-state index in [4.69, 9.17) is 4.74 Å². The van der Waals surface area contributed by atoms with E-state index in [-0.39, 0.29) is 34.0 Å². The lowest BCUT2D eigenvalue weighted by atomic mass is 10.1. The molecule has 2 aromatic rings. The second-order valence-corrected chi connectivity index (χ2v) is 6.32. The molecule has 0 atom stereocenters. The molecule has 0 radical (unpaired) electrons. The van der Waals surface area contributed by atoms with Gasteiger partial charge in [-0.05, 0) is 53.2 Å². The van der Waals surface area contributed by atoms with Crippen molar-refractivity contribution in [3.05, 3.63) is 64.3 Å². The van der Waals surface area contributed by atoms with E-state index in [1.54, 1.807) is 18.2 Å². The number of benzene rings is 2. The lowest BCUT2D eigenvalue weighted by Gasteiger charge is -2.12. The summed E-state index contributed by atoms with van der Waals surface area (Å²) < 4.78 is 18.0. The first kappa shape index (κ1) is 17.0. The Bertz CT molecular complexity index is 864. The molecule has 1 heterocycles. The van der Waals surface area contributed by atoms with Crippen molar-refractivity contribution < 1.29 is 23.8 Å². The summed E-state index contributed by atoms with van der Waals surface area (Å²) in [6.45, 7) is 0.0845. The van der Waals surface area contributed by atoms with Crippen LogP contribution in [0.2, 0.25) is 0 Å². The summed E-state index contributed by atoms with van der Waals surface area (Å²) in [5, 5.41) is 9.23. The van der Waals surface area contributed by atoms with E-state index in [1.807, 2.05) is 0 Å². The predicted molar refractivity (Wildman–Crippen MR) is 92.6 cm³/mol. The predicted octanol–water partition coefficient (Wildman–Crippen LogP) is 3.78. The van der Waals surface area contributed by atoms with Crippen molar-refractivity contribution in [2.45, 2.75) is 6.54 Å². The number of hydrogen-bond donors (Lipinski definition) is 1. The Balaban J connectivity index is 1.82. The number of halogens is 1. The van der Waals surface area contributed by atoms with Crippen molar-refractivity contribution in [1.29, 1.82) is 0 Å². The van der Waals surface area contributed by atoms with Crippen molar-refractivity contribution >= 4 is 29.0 Å². The second-order valence-electron chi connectivity index (χ2n) is 5.33. The van der Waals surface area contributed by atoms with Gasteiger partial charge in [0.25, 0.3) is 11.1 Å². The minimum absolute atomic E-state index is 0.0101. The van der Waals surface area contributed by atoms with Crippen molar-refractivity contribution in [3.63, 3.8) is 0 Å². The topological polar surface area (TPSA) is 66.8 Å². The highest BCUT2D eigenvalue weighted by Gasteiger charge is 2.35. The molecule has 1 aliphatic rings. The summed E-state index contributed by atoms with van der Waals surface area (Å²) in [6, 6.07) is 10.3. The van der Waals surface area contributed by atoms with Crippen LogP contribution in [-0.2, 0) is 11.3 Å². The number of methoxy groups -OCH3 is 1. The van der Waals surface area contributed by atoms with Gasteiger partial charge in [0.1, 0.15) is 5.82 Å². The SMILES string of the molecule is COc1cc(C=C2SC(=O)N(Cc3ccc(F)cc3)C2=O)ccc1O. The number of carbonyl (C=O) groups is 2. The van der Waals surface area contributed by atoms with Crippen LogP contribution in [0.4, 0.5) is 9.18 Å². The largest absolute Gasteiger partial charge is 0.504 e. The van der Waals surface area contributed by atoms with E-state index >= 15 is 0 Å². The summed E-state index contributed by atoms with van der Waals surface area (Å²) >= 11 is 0.838. The molecule has 0 bridgehead atoms. The Labute approximate surface area is 147 Å². The standard InChI is InChI=1S/C18H14FNO4S/c1-24-15-8-12(4-7-14(15)21)9-16-17(22)20(18(23)25-16)10-11-2-5-13(19)6-3-11/h2-9,21H,10H2,1H3. The van der Waals surface area contributed by atoms with Gasteiger partial charge in [-0.15, -0.1) is 0 Å². The number of phenolic OH excluding ortho intramolecular Hbond substituents is 1. The van der Waals surface area contributed by atoms with Crippen LogP contribution in [0.15, 0.2) is 47.4 Å². The number of ether oxygens (including phenoxy) is 1. The molecule has 0 saturated carbocycles. The van der Waals surface area contributed by atoms with E-state index in [1.165, 1.54) is 37.4 Å². The van der Waals surface area contributed by atoms with Crippen LogP contribution in [0.1, 0.15) is 11.1 Å². The van der Waals surface area contributed by atoms with Gasteiger partial charge in [-0.3, -0.25) is 14.5 Å². The smallest absolute Gasteiger partial charge is 0.293 e. The van der Waals surface area contributed by atoms with Crippen LogP contribution in [-0.4, -0.2) is 28.3 Å². The Kier molecular flexibility index (Phi) is 4.76. The Morgan fingerprint density at radius 3 is 2.60 bits per heavy atom.